The Hall–Kier alpha value is -4.89. The molecule has 1 atom stereocenters. The molecule has 15 heteroatoms. The molecule has 4 N–H and O–H groups in total. The largest absolute Gasteiger partial charge is 0.388 e. The molecule has 5 heterocycles. The van der Waals surface area contributed by atoms with E-state index >= 15 is 0 Å². The first-order chi connectivity index (χ1) is 24.1. The summed E-state index contributed by atoms with van der Waals surface area (Å²) in [5.41, 5.74) is 6.90. The van der Waals surface area contributed by atoms with Crippen molar-refractivity contribution >= 4 is 45.9 Å². The zero-order chi connectivity index (χ0) is 35.0. The summed E-state index contributed by atoms with van der Waals surface area (Å²) in [6.45, 7) is 6.24. The number of β-amino-alcohol motifs (C(OH)–C–C–N with tert-alkyl or cyclic N) is 1. The monoisotopic (exact) mass is 685 g/mol. The fourth-order valence-corrected chi connectivity index (χ4v) is 7.72. The second-order valence-electron chi connectivity index (χ2n) is 14.0. The van der Waals surface area contributed by atoms with Crippen molar-refractivity contribution in [3.8, 4) is 0 Å². The highest BCUT2D eigenvalue weighted by Gasteiger charge is 2.38. The minimum Gasteiger partial charge on any atom is -0.388 e. The van der Waals surface area contributed by atoms with Gasteiger partial charge in [0, 0.05) is 88.2 Å². The SMILES string of the molecule is NC(=O)c1ccc(N2CCN(CC3(O)CCN(C(=O)C4CCN(c5ccc6nnn(C7CCC(=O)NC7=O)c(=O)c6c5)CC4)CC3)CC2)cc1. The first-order valence-electron chi connectivity index (χ1n) is 17.4. The van der Waals surface area contributed by atoms with Crippen LogP contribution in [0.25, 0.3) is 10.9 Å². The molecule has 15 nitrogen and oxygen atoms in total. The van der Waals surface area contributed by atoms with Crippen molar-refractivity contribution in [2.24, 2.45) is 11.7 Å². The number of anilines is 2. The zero-order valence-corrected chi connectivity index (χ0v) is 28.0. The van der Waals surface area contributed by atoms with Crippen molar-refractivity contribution in [3.05, 3.63) is 58.4 Å². The number of nitrogens with zero attached hydrogens (tertiary/aromatic N) is 7. The lowest BCUT2D eigenvalue weighted by Gasteiger charge is -2.44. The van der Waals surface area contributed by atoms with Crippen molar-refractivity contribution in [1.29, 1.82) is 0 Å². The van der Waals surface area contributed by atoms with Gasteiger partial charge in [-0.15, -0.1) is 5.10 Å². The Labute approximate surface area is 289 Å². The number of carbonyl (C=O) groups excluding carboxylic acids is 4. The molecule has 1 aromatic heterocycles. The smallest absolute Gasteiger partial charge is 0.278 e. The number of nitrogens with one attached hydrogen (secondary N) is 1. The van der Waals surface area contributed by atoms with E-state index in [4.69, 9.17) is 5.73 Å². The lowest BCUT2D eigenvalue weighted by Crippen LogP contribution is -2.56. The average molecular weight is 686 g/mol. The van der Waals surface area contributed by atoms with Crippen molar-refractivity contribution in [1.82, 2.24) is 30.1 Å². The van der Waals surface area contributed by atoms with Gasteiger partial charge in [-0.3, -0.25) is 34.2 Å². The third kappa shape index (κ3) is 6.92. The van der Waals surface area contributed by atoms with E-state index in [0.717, 1.165) is 42.2 Å². The van der Waals surface area contributed by atoms with E-state index in [0.29, 0.717) is 74.9 Å². The highest BCUT2D eigenvalue weighted by atomic mass is 16.3. The number of hydrogen-bond donors (Lipinski definition) is 3. The first-order valence-corrected chi connectivity index (χ1v) is 17.4. The average Bonchev–Trinajstić information content (AvgIpc) is 3.12. The minimum atomic E-state index is -0.884. The number of aromatic nitrogens is 3. The van der Waals surface area contributed by atoms with E-state index < -0.39 is 29.0 Å². The number of carbonyl (C=O) groups is 4. The van der Waals surface area contributed by atoms with Gasteiger partial charge in [0.05, 0.1) is 11.0 Å². The molecule has 0 aliphatic carbocycles. The molecule has 4 saturated heterocycles. The summed E-state index contributed by atoms with van der Waals surface area (Å²) >= 11 is 0. The molecule has 0 radical (unpaired) electrons. The van der Waals surface area contributed by atoms with Crippen LogP contribution >= 0.6 is 0 Å². The van der Waals surface area contributed by atoms with Gasteiger partial charge in [0.15, 0.2) is 0 Å². The van der Waals surface area contributed by atoms with Gasteiger partial charge >= 0.3 is 0 Å². The lowest BCUT2D eigenvalue weighted by atomic mass is 9.88. The van der Waals surface area contributed by atoms with Crippen LogP contribution in [0.15, 0.2) is 47.3 Å². The maximum Gasteiger partial charge on any atom is 0.278 e. The summed E-state index contributed by atoms with van der Waals surface area (Å²) in [6.07, 6.45) is 2.78. The summed E-state index contributed by atoms with van der Waals surface area (Å²) < 4.78 is 1.06. The van der Waals surface area contributed by atoms with Crippen molar-refractivity contribution in [3.63, 3.8) is 0 Å². The molecule has 4 fully saturated rings. The number of amides is 4. The summed E-state index contributed by atoms with van der Waals surface area (Å²) in [6, 6.07) is 11.9. The second kappa shape index (κ2) is 13.8. The standard InChI is InChI=1S/C35H43N9O6/c36-31(46)23-1-3-25(4-2-23)42-19-17-40(18-20-42)22-35(50)11-15-43(16-12-35)33(48)24-9-13-41(14-10-24)26-5-6-28-27(21-26)34(49)44(39-38-28)29-7-8-30(45)37-32(29)47/h1-6,21,24,29,50H,7-20,22H2,(H2,36,46)(H,37,45,47). The number of piperidine rings is 3. The van der Waals surface area contributed by atoms with Crippen LogP contribution < -0.4 is 26.4 Å². The third-order valence-corrected chi connectivity index (χ3v) is 10.8. The van der Waals surface area contributed by atoms with Crippen LogP contribution in [0.2, 0.25) is 0 Å². The van der Waals surface area contributed by atoms with E-state index in [1.807, 2.05) is 23.1 Å². The highest BCUT2D eigenvalue weighted by molar-refractivity contribution is 5.99. The van der Waals surface area contributed by atoms with E-state index in [2.05, 4.69) is 30.3 Å². The van der Waals surface area contributed by atoms with Gasteiger partial charge in [-0.2, -0.15) is 4.68 Å². The number of primary amides is 1. The van der Waals surface area contributed by atoms with Gasteiger partial charge in [-0.1, -0.05) is 5.21 Å². The fraction of sp³-hybridized carbons (Fsp3) is 0.514. The maximum atomic E-state index is 13.6. The van der Waals surface area contributed by atoms with E-state index in [9.17, 15) is 29.1 Å². The fourth-order valence-electron chi connectivity index (χ4n) is 7.72. The van der Waals surface area contributed by atoms with Crippen LogP contribution in [0.4, 0.5) is 11.4 Å². The van der Waals surface area contributed by atoms with E-state index in [1.54, 1.807) is 24.3 Å². The lowest BCUT2D eigenvalue weighted by molar-refractivity contribution is -0.141. The molecule has 7 rings (SSSR count). The topological polar surface area (TPSA) is 187 Å². The quantitative estimate of drug-likeness (QED) is 0.290. The summed E-state index contributed by atoms with van der Waals surface area (Å²) in [7, 11) is 0. The Kier molecular flexibility index (Phi) is 9.26. The zero-order valence-electron chi connectivity index (χ0n) is 28.0. The summed E-state index contributed by atoms with van der Waals surface area (Å²) in [4.78, 5) is 70.9. The van der Waals surface area contributed by atoms with Crippen LogP contribution in [0.5, 0.6) is 0 Å². The van der Waals surface area contributed by atoms with Gasteiger partial charge in [-0.05, 0) is 74.6 Å². The molecule has 0 bridgehead atoms. The highest BCUT2D eigenvalue weighted by Crippen LogP contribution is 2.30. The molecule has 1 unspecified atom stereocenters. The van der Waals surface area contributed by atoms with Gasteiger partial charge in [0.25, 0.3) is 11.5 Å². The van der Waals surface area contributed by atoms with Gasteiger partial charge in [0.2, 0.25) is 17.7 Å². The number of likely N-dealkylation sites (tertiary alicyclic amines) is 1. The molecule has 3 aromatic rings. The minimum absolute atomic E-state index is 0.0985. The Balaban J connectivity index is 0.891. The predicted octanol–water partition coefficient (Wildman–Crippen LogP) is 0.260. The Bertz CT molecular complexity index is 1840. The molecule has 2 aromatic carbocycles. The van der Waals surface area contributed by atoms with Crippen LogP contribution in [-0.4, -0.2) is 118 Å². The van der Waals surface area contributed by atoms with Crippen molar-refractivity contribution < 1.29 is 24.3 Å². The van der Waals surface area contributed by atoms with Gasteiger partial charge < -0.3 is 25.5 Å². The maximum absolute atomic E-state index is 13.6. The Morgan fingerprint density at radius 2 is 1.52 bits per heavy atom. The number of nitrogens with two attached hydrogens (primary N) is 1. The summed E-state index contributed by atoms with van der Waals surface area (Å²) in [5, 5.41) is 22.2. The number of aliphatic hydroxyl groups is 1. The molecule has 0 spiro atoms. The van der Waals surface area contributed by atoms with Gasteiger partial charge in [0.1, 0.15) is 11.6 Å². The molecule has 50 heavy (non-hydrogen) atoms. The first kappa shape index (κ1) is 33.6. The molecule has 4 amide bonds. The molecule has 264 valence electrons. The van der Waals surface area contributed by atoms with Crippen molar-refractivity contribution in [2.45, 2.75) is 50.2 Å². The van der Waals surface area contributed by atoms with Gasteiger partial charge in [-0.25, -0.2) is 0 Å². The summed E-state index contributed by atoms with van der Waals surface area (Å²) in [5.74, 6) is -1.32. The van der Waals surface area contributed by atoms with Crippen molar-refractivity contribution in [2.75, 3.05) is 68.7 Å². The molecule has 4 aliphatic rings. The number of piperazine rings is 1. The van der Waals surface area contributed by atoms with Crippen LogP contribution in [0, 0.1) is 5.92 Å². The number of benzene rings is 2. The molecular formula is C35H43N9O6. The molecule has 0 saturated carbocycles. The molecular weight excluding hydrogens is 642 g/mol. The number of imide groups is 1. The third-order valence-electron chi connectivity index (χ3n) is 10.8. The number of rotatable bonds is 7. The van der Waals surface area contributed by atoms with Crippen LogP contribution in [-0.2, 0) is 14.4 Å². The Morgan fingerprint density at radius 3 is 2.18 bits per heavy atom. The molecule has 4 aliphatic heterocycles. The normalized spacial score (nSPS) is 22.1. The number of hydrogen-bond acceptors (Lipinski definition) is 11. The second-order valence-corrected chi connectivity index (χ2v) is 14.0. The predicted molar refractivity (Wildman–Crippen MR) is 185 cm³/mol. The van der Waals surface area contributed by atoms with E-state index in [1.165, 1.54) is 0 Å². The van der Waals surface area contributed by atoms with E-state index in [-0.39, 0.29) is 30.6 Å². The van der Waals surface area contributed by atoms with Crippen LogP contribution in [0.1, 0.15) is 54.9 Å². The Morgan fingerprint density at radius 1 is 0.860 bits per heavy atom. The number of fused-ring (bicyclic) bond motifs is 1. The van der Waals surface area contributed by atoms with Crippen LogP contribution in [0.3, 0.4) is 0 Å².